The molecule has 5 nitrogen and oxygen atoms in total. The Morgan fingerprint density at radius 2 is 1.94 bits per heavy atom. The Labute approximate surface area is 98.7 Å². The van der Waals surface area contributed by atoms with E-state index in [9.17, 15) is 4.79 Å². The maximum atomic E-state index is 11.8. The molecule has 2 aromatic rings. The standard InChI is InChI=1S/C12H12N4O/c1-8-7-10(16-12(13)14-8)15-11(17)9-5-3-2-4-6-9/h2-7H,1H3,(H3,13,14,15,16,17). The molecule has 0 atom stereocenters. The van der Waals surface area contributed by atoms with Gasteiger partial charge in [-0.25, -0.2) is 4.98 Å². The van der Waals surface area contributed by atoms with Gasteiger partial charge in [0.1, 0.15) is 5.82 Å². The quantitative estimate of drug-likeness (QED) is 0.818. The van der Waals surface area contributed by atoms with Crippen LogP contribution in [0.25, 0.3) is 0 Å². The van der Waals surface area contributed by atoms with Crippen LogP contribution in [0.1, 0.15) is 16.1 Å². The molecule has 0 aliphatic carbocycles. The average Bonchev–Trinajstić information content (AvgIpc) is 2.28. The average molecular weight is 228 g/mol. The number of aromatic nitrogens is 2. The second-order valence-electron chi connectivity index (χ2n) is 3.57. The van der Waals surface area contributed by atoms with Crippen LogP contribution in [0.4, 0.5) is 11.8 Å². The van der Waals surface area contributed by atoms with E-state index in [1.807, 2.05) is 6.07 Å². The molecule has 0 aliphatic rings. The molecular formula is C12H12N4O. The van der Waals surface area contributed by atoms with Gasteiger partial charge in [-0.15, -0.1) is 0 Å². The number of aryl methyl sites for hydroxylation is 1. The highest BCUT2D eigenvalue weighted by molar-refractivity contribution is 6.03. The van der Waals surface area contributed by atoms with Crippen LogP contribution in [0.15, 0.2) is 36.4 Å². The van der Waals surface area contributed by atoms with Gasteiger partial charge in [-0.1, -0.05) is 18.2 Å². The zero-order valence-corrected chi connectivity index (χ0v) is 9.34. The number of carbonyl (C=O) groups excluding carboxylic acids is 1. The lowest BCUT2D eigenvalue weighted by atomic mass is 10.2. The van der Waals surface area contributed by atoms with Crippen molar-refractivity contribution < 1.29 is 4.79 Å². The predicted octanol–water partition coefficient (Wildman–Crippen LogP) is 1.62. The van der Waals surface area contributed by atoms with E-state index in [-0.39, 0.29) is 11.9 Å². The third-order valence-electron chi connectivity index (χ3n) is 2.15. The number of hydrogen-bond donors (Lipinski definition) is 2. The summed E-state index contributed by atoms with van der Waals surface area (Å²) in [5, 5.41) is 2.67. The van der Waals surface area contributed by atoms with Gasteiger partial charge in [0.15, 0.2) is 0 Å². The number of nitrogens with two attached hydrogens (primary N) is 1. The SMILES string of the molecule is Cc1cc(NC(=O)c2ccccc2)nc(N)n1. The number of carbonyl (C=O) groups is 1. The molecule has 1 amide bonds. The molecule has 1 heterocycles. The summed E-state index contributed by atoms with van der Waals surface area (Å²) >= 11 is 0. The minimum Gasteiger partial charge on any atom is -0.368 e. The number of amides is 1. The Bertz CT molecular complexity index is 519. The van der Waals surface area contributed by atoms with Crippen LogP contribution in [0.2, 0.25) is 0 Å². The van der Waals surface area contributed by atoms with Crippen molar-refractivity contribution in [3.8, 4) is 0 Å². The molecule has 0 spiro atoms. The van der Waals surface area contributed by atoms with E-state index >= 15 is 0 Å². The first kappa shape index (κ1) is 11.1. The van der Waals surface area contributed by atoms with E-state index in [4.69, 9.17) is 5.73 Å². The molecule has 0 saturated heterocycles. The van der Waals surface area contributed by atoms with E-state index in [2.05, 4.69) is 15.3 Å². The molecule has 0 aliphatic heterocycles. The van der Waals surface area contributed by atoms with Gasteiger partial charge in [-0.05, 0) is 19.1 Å². The lowest BCUT2D eigenvalue weighted by Gasteiger charge is -2.05. The number of nitrogens with one attached hydrogen (secondary N) is 1. The maximum absolute atomic E-state index is 11.8. The summed E-state index contributed by atoms with van der Waals surface area (Å²) in [6.07, 6.45) is 0. The maximum Gasteiger partial charge on any atom is 0.256 e. The first-order valence-corrected chi connectivity index (χ1v) is 5.13. The van der Waals surface area contributed by atoms with E-state index in [0.29, 0.717) is 17.1 Å². The summed E-state index contributed by atoms with van der Waals surface area (Å²) < 4.78 is 0. The zero-order chi connectivity index (χ0) is 12.3. The molecule has 0 saturated carbocycles. The fourth-order valence-corrected chi connectivity index (χ4v) is 1.43. The summed E-state index contributed by atoms with van der Waals surface area (Å²) in [5.74, 6) is 0.334. The van der Waals surface area contributed by atoms with Crippen molar-refractivity contribution in [2.24, 2.45) is 0 Å². The molecule has 1 aromatic heterocycles. The fraction of sp³-hybridized carbons (Fsp3) is 0.0833. The Balaban J connectivity index is 2.19. The van der Waals surface area contributed by atoms with Crippen LogP contribution in [-0.4, -0.2) is 15.9 Å². The molecule has 0 radical (unpaired) electrons. The first-order chi connectivity index (χ1) is 8.15. The number of hydrogen-bond acceptors (Lipinski definition) is 4. The van der Waals surface area contributed by atoms with E-state index in [1.165, 1.54) is 0 Å². The van der Waals surface area contributed by atoms with Crippen molar-refractivity contribution in [2.75, 3.05) is 11.1 Å². The number of nitrogen functional groups attached to an aromatic ring is 1. The van der Waals surface area contributed by atoms with Crippen molar-refractivity contribution in [1.29, 1.82) is 0 Å². The highest BCUT2D eigenvalue weighted by Crippen LogP contribution is 2.09. The second-order valence-corrected chi connectivity index (χ2v) is 3.57. The van der Waals surface area contributed by atoms with E-state index in [1.54, 1.807) is 37.3 Å². The third kappa shape index (κ3) is 2.78. The fourth-order valence-electron chi connectivity index (χ4n) is 1.43. The number of anilines is 2. The van der Waals surface area contributed by atoms with Crippen molar-refractivity contribution in [3.05, 3.63) is 47.7 Å². The topological polar surface area (TPSA) is 80.9 Å². The molecule has 17 heavy (non-hydrogen) atoms. The van der Waals surface area contributed by atoms with Crippen LogP contribution in [0.3, 0.4) is 0 Å². The van der Waals surface area contributed by atoms with Gasteiger partial charge in [0.25, 0.3) is 5.91 Å². The third-order valence-corrected chi connectivity index (χ3v) is 2.15. The smallest absolute Gasteiger partial charge is 0.256 e. The molecule has 5 heteroatoms. The van der Waals surface area contributed by atoms with Crippen molar-refractivity contribution in [1.82, 2.24) is 9.97 Å². The molecule has 0 bridgehead atoms. The lowest BCUT2D eigenvalue weighted by molar-refractivity contribution is 0.102. The Morgan fingerprint density at radius 3 is 2.59 bits per heavy atom. The van der Waals surface area contributed by atoms with E-state index < -0.39 is 0 Å². The summed E-state index contributed by atoms with van der Waals surface area (Å²) in [4.78, 5) is 19.7. The van der Waals surface area contributed by atoms with Crippen LogP contribution < -0.4 is 11.1 Å². The highest BCUT2D eigenvalue weighted by Gasteiger charge is 2.06. The van der Waals surface area contributed by atoms with Gasteiger partial charge in [0, 0.05) is 17.3 Å². The predicted molar refractivity (Wildman–Crippen MR) is 65.6 cm³/mol. The Hall–Kier alpha value is -2.43. The molecule has 1 aromatic carbocycles. The van der Waals surface area contributed by atoms with Gasteiger partial charge in [-0.2, -0.15) is 4.98 Å². The number of benzene rings is 1. The normalized spacial score (nSPS) is 9.94. The van der Waals surface area contributed by atoms with Gasteiger partial charge < -0.3 is 11.1 Å². The monoisotopic (exact) mass is 228 g/mol. The Kier molecular flexibility index (Phi) is 3.00. The van der Waals surface area contributed by atoms with Crippen LogP contribution in [-0.2, 0) is 0 Å². The molecule has 0 fully saturated rings. The highest BCUT2D eigenvalue weighted by atomic mass is 16.1. The zero-order valence-electron chi connectivity index (χ0n) is 9.34. The van der Waals surface area contributed by atoms with Gasteiger partial charge >= 0.3 is 0 Å². The molecular weight excluding hydrogens is 216 g/mol. The van der Waals surface area contributed by atoms with E-state index in [0.717, 1.165) is 0 Å². The largest absolute Gasteiger partial charge is 0.368 e. The van der Waals surface area contributed by atoms with Crippen molar-refractivity contribution in [3.63, 3.8) is 0 Å². The molecule has 2 rings (SSSR count). The van der Waals surface area contributed by atoms with Crippen LogP contribution in [0.5, 0.6) is 0 Å². The van der Waals surface area contributed by atoms with Crippen LogP contribution in [0, 0.1) is 6.92 Å². The van der Waals surface area contributed by atoms with Gasteiger partial charge in [0.05, 0.1) is 0 Å². The molecule has 3 N–H and O–H groups in total. The van der Waals surface area contributed by atoms with Gasteiger partial charge in [-0.3, -0.25) is 4.79 Å². The molecule has 0 unspecified atom stereocenters. The number of rotatable bonds is 2. The van der Waals surface area contributed by atoms with Crippen molar-refractivity contribution >= 4 is 17.7 Å². The lowest BCUT2D eigenvalue weighted by Crippen LogP contribution is -2.14. The summed E-state index contributed by atoms with van der Waals surface area (Å²) in [6, 6.07) is 10.6. The Morgan fingerprint density at radius 1 is 1.24 bits per heavy atom. The van der Waals surface area contributed by atoms with Crippen LogP contribution >= 0.6 is 0 Å². The minimum absolute atomic E-state index is 0.147. The van der Waals surface area contributed by atoms with Gasteiger partial charge in [0.2, 0.25) is 5.95 Å². The molecule has 86 valence electrons. The first-order valence-electron chi connectivity index (χ1n) is 5.13. The second kappa shape index (κ2) is 4.61. The summed E-state index contributed by atoms with van der Waals surface area (Å²) in [5.41, 5.74) is 6.78. The number of nitrogens with zero attached hydrogens (tertiary/aromatic N) is 2. The van der Waals surface area contributed by atoms with Crippen molar-refractivity contribution in [2.45, 2.75) is 6.92 Å². The summed E-state index contributed by atoms with van der Waals surface area (Å²) in [6.45, 7) is 1.79. The summed E-state index contributed by atoms with van der Waals surface area (Å²) in [7, 11) is 0. The minimum atomic E-state index is -0.219.